The molecule has 1 aliphatic heterocycles. The van der Waals surface area contributed by atoms with Crippen LogP contribution in [-0.4, -0.2) is 27.5 Å². The lowest BCUT2D eigenvalue weighted by Crippen LogP contribution is -2.39. The Labute approximate surface area is 139 Å². The number of nitrogens with one attached hydrogen (secondary N) is 1. The Hall–Kier alpha value is -1.85. The van der Waals surface area contributed by atoms with Crippen LogP contribution < -0.4 is 11.2 Å². The van der Waals surface area contributed by atoms with Gasteiger partial charge in [0.1, 0.15) is 0 Å². The molecule has 0 spiro atoms. The number of aromatic amines is 1. The molecule has 1 aromatic carbocycles. The van der Waals surface area contributed by atoms with Crippen molar-refractivity contribution < 1.29 is 0 Å². The molecular weight excluding hydrogens is 314 g/mol. The van der Waals surface area contributed by atoms with Crippen LogP contribution in [0.2, 0.25) is 5.02 Å². The molecule has 1 saturated heterocycles. The van der Waals surface area contributed by atoms with Gasteiger partial charge in [-0.25, -0.2) is 4.79 Å². The normalized spacial score (nSPS) is 16.6. The van der Waals surface area contributed by atoms with Crippen molar-refractivity contribution in [3.8, 4) is 0 Å². The molecule has 0 aliphatic carbocycles. The predicted molar refractivity (Wildman–Crippen MR) is 91.1 cm³/mol. The lowest BCUT2D eigenvalue weighted by Gasteiger charge is -2.32. The minimum absolute atomic E-state index is 0.152. The highest BCUT2D eigenvalue weighted by atomic mass is 35.5. The third-order valence-corrected chi connectivity index (χ3v) is 4.67. The number of H-pyrrole nitrogens is 1. The summed E-state index contributed by atoms with van der Waals surface area (Å²) < 4.78 is 1.68. The summed E-state index contributed by atoms with van der Waals surface area (Å²) in [4.78, 5) is 28.2. The molecule has 0 saturated carbocycles. The van der Waals surface area contributed by atoms with Crippen LogP contribution in [0.5, 0.6) is 0 Å². The molecule has 0 unspecified atom stereocenters. The first-order chi connectivity index (χ1) is 11.0. The Morgan fingerprint density at radius 1 is 1.17 bits per heavy atom. The second-order valence-electron chi connectivity index (χ2n) is 6.11. The van der Waals surface area contributed by atoms with E-state index in [1.807, 2.05) is 24.3 Å². The highest BCUT2D eigenvalue weighted by Crippen LogP contribution is 2.22. The minimum atomic E-state index is -0.309. The summed E-state index contributed by atoms with van der Waals surface area (Å²) in [6.45, 7) is 4.48. The largest absolute Gasteiger partial charge is 0.328 e. The van der Waals surface area contributed by atoms with E-state index < -0.39 is 0 Å². The van der Waals surface area contributed by atoms with Gasteiger partial charge in [-0.05, 0) is 37.5 Å². The van der Waals surface area contributed by atoms with Gasteiger partial charge in [-0.2, -0.15) is 0 Å². The third kappa shape index (κ3) is 3.74. The van der Waals surface area contributed by atoms with E-state index in [2.05, 4.69) is 9.88 Å². The van der Waals surface area contributed by atoms with Gasteiger partial charge in [0.15, 0.2) is 0 Å². The number of hydrogen-bond donors (Lipinski definition) is 1. The summed E-state index contributed by atoms with van der Waals surface area (Å²) in [6, 6.07) is 8.06. The van der Waals surface area contributed by atoms with E-state index >= 15 is 0 Å². The first kappa shape index (κ1) is 16.0. The number of hydrogen-bond acceptors (Lipinski definition) is 3. The second kappa shape index (κ2) is 6.72. The van der Waals surface area contributed by atoms with Crippen LogP contribution in [0.15, 0.2) is 40.1 Å². The lowest BCUT2D eigenvalue weighted by molar-refractivity contribution is 0.177. The van der Waals surface area contributed by atoms with E-state index in [1.165, 1.54) is 5.56 Å². The number of rotatable bonds is 3. The Balaban J connectivity index is 1.64. The number of piperidine rings is 1. The summed E-state index contributed by atoms with van der Waals surface area (Å²) in [5.74, 6) is 0. The summed E-state index contributed by atoms with van der Waals surface area (Å²) in [7, 11) is 0. The number of likely N-dealkylation sites (tertiary alicyclic amines) is 1. The molecule has 3 rings (SSSR count). The summed E-state index contributed by atoms with van der Waals surface area (Å²) in [5.41, 5.74) is 1.21. The molecule has 2 aromatic rings. The number of benzene rings is 1. The molecule has 0 bridgehead atoms. The van der Waals surface area contributed by atoms with Crippen LogP contribution in [0.1, 0.15) is 30.0 Å². The van der Waals surface area contributed by atoms with Crippen LogP contribution in [0.4, 0.5) is 0 Å². The SMILES string of the molecule is Cc1cn(C2CCN(Cc3ccc(Cl)cc3)CC2)c(=O)[nH]c1=O. The number of aromatic nitrogens is 2. The van der Waals surface area contributed by atoms with Crippen molar-refractivity contribution >= 4 is 11.6 Å². The van der Waals surface area contributed by atoms with E-state index in [4.69, 9.17) is 11.6 Å². The van der Waals surface area contributed by atoms with Crippen LogP contribution in [0.3, 0.4) is 0 Å². The molecular formula is C17H20ClN3O2. The van der Waals surface area contributed by atoms with Crippen molar-refractivity contribution in [2.24, 2.45) is 0 Å². The molecule has 6 heteroatoms. The molecule has 5 nitrogen and oxygen atoms in total. The first-order valence-electron chi connectivity index (χ1n) is 7.82. The van der Waals surface area contributed by atoms with Gasteiger partial charge >= 0.3 is 5.69 Å². The second-order valence-corrected chi connectivity index (χ2v) is 6.55. The monoisotopic (exact) mass is 333 g/mol. The fourth-order valence-electron chi connectivity index (χ4n) is 3.06. The Morgan fingerprint density at radius 3 is 2.48 bits per heavy atom. The van der Waals surface area contributed by atoms with Crippen molar-refractivity contribution in [2.75, 3.05) is 13.1 Å². The maximum atomic E-state index is 12.0. The van der Waals surface area contributed by atoms with Crippen molar-refractivity contribution in [2.45, 2.75) is 32.4 Å². The molecule has 1 aliphatic rings. The van der Waals surface area contributed by atoms with E-state index in [9.17, 15) is 9.59 Å². The van der Waals surface area contributed by atoms with Gasteiger partial charge in [0.25, 0.3) is 5.56 Å². The fraction of sp³-hybridized carbons (Fsp3) is 0.412. The third-order valence-electron chi connectivity index (χ3n) is 4.42. The molecule has 1 aromatic heterocycles. The van der Waals surface area contributed by atoms with E-state index in [1.54, 1.807) is 17.7 Å². The minimum Gasteiger partial charge on any atom is -0.299 e. The van der Waals surface area contributed by atoms with Crippen molar-refractivity contribution in [3.05, 3.63) is 67.4 Å². The highest BCUT2D eigenvalue weighted by molar-refractivity contribution is 6.30. The molecule has 0 radical (unpaired) electrons. The van der Waals surface area contributed by atoms with Crippen LogP contribution >= 0.6 is 11.6 Å². The predicted octanol–water partition coefficient (Wildman–Crippen LogP) is 2.34. The molecule has 1 N–H and O–H groups in total. The van der Waals surface area contributed by atoms with Crippen LogP contribution in [-0.2, 0) is 6.54 Å². The quantitative estimate of drug-likeness (QED) is 0.938. The van der Waals surface area contributed by atoms with Gasteiger partial charge in [0, 0.05) is 42.5 Å². The molecule has 122 valence electrons. The van der Waals surface area contributed by atoms with E-state index in [0.29, 0.717) is 5.56 Å². The maximum Gasteiger partial charge on any atom is 0.328 e. The zero-order valence-electron chi connectivity index (χ0n) is 13.1. The molecule has 0 amide bonds. The molecule has 2 heterocycles. The maximum absolute atomic E-state index is 12.0. The average Bonchev–Trinajstić information content (AvgIpc) is 2.54. The number of aryl methyl sites for hydroxylation is 1. The topological polar surface area (TPSA) is 58.1 Å². The molecule has 23 heavy (non-hydrogen) atoms. The van der Waals surface area contributed by atoms with Crippen molar-refractivity contribution in [1.29, 1.82) is 0 Å². The van der Waals surface area contributed by atoms with Crippen LogP contribution in [0, 0.1) is 6.92 Å². The fourth-order valence-corrected chi connectivity index (χ4v) is 3.19. The lowest BCUT2D eigenvalue weighted by atomic mass is 10.0. The average molecular weight is 334 g/mol. The summed E-state index contributed by atoms with van der Waals surface area (Å²) in [5, 5.41) is 0.750. The zero-order valence-corrected chi connectivity index (χ0v) is 13.8. The van der Waals surface area contributed by atoms with Gasteiger partial charge in [0.2, 0.25) is 0 Å². The van der Waals surface area contributed by atoms with Gasteiger partial charge in [-0.1, -0.05) is 23.7 Å². The number of nitrogens with zero attached hydrogens (tertiary/aromatic N) is 2. The van der Waals surface area contributed by atoms with Gasteiger partial charge in [0.05, 0.1) is 0 Å². The summed E-state index contributed by atoms with van der Waals surface area (Å²) in [6.07, 6.45) is 3.48. The van der Waals surface area contributed by atoms with Crippen LogP contribution in [0.25, 0.3) is 0 Å². The van der Waals surface area contributed by atoms with Crippen molar-refractivity contribution in [3.63, 3.8) is 0 Å². The zero-order chi connectivity index (χ0) is 16.4. The number of halogens is 1. The van der Waals surface area contributed by atoms with Gasteiger partial charge in [-0.3, -0.25) is 19.2 Å². The highest BCUT2D eigenvalue weighted by Gasteiger charge is 2.21. The van der Waals surface area contributed by atoms with Crippen molar-refractivity contribution in [1.82, 2.24) is 14.5 Å². The Morgan fingerprint density at radius 2 is 1.83 bits per heavy atom. The van der Waals surface area contributed by atoms with E-state index in [0.717, 1.165) is 37.5 Å². The molecule has 0 atom stereocenters. The Bertz CT molecular complexity index is 787. The van der Waals surface area contributed by atoms with Gasteiger partial charge in [-0.15, -0.1) is 0 Å². The van der Waals surface area contributed by atoms with Gasteiger partial charge < -0.3 is 0 Å². The Kier molecular flexibility index (Phi) is 4.68. The first-order valence-corrected chi connectivity index (χ1v) is 8.19. The van der Waals surface area contributed by atoms with E-state index in [-0.39, 0.29) is 17.3 Å². The molecule has 1 fully saturated rings. The standard InChI is InChI=1S/C17H20ClN3O2/c1-12-10-21(17(23)19-16(12)22)15-6-8-20(9-7-15)11-13-2-4-14(18)5-3-13/h2-5,10,15H,6-9,11H2,1H3,(H,19,22,23). The summed E-state index contributed by atoms with van der Waals surface area (Å²) >= 11 is 5.91. The smallest absolute Gasteiger partial charge is 0.299 e.